The first-order chi connectivity index (χ1) is 13.3. The number of carbonyl (C=O) groups is 2. The first kappa shape index (κ1) is 22.2. The number of carbonyl (C=O) groups excluding carboxylic acids is 2. The Labute approximate surface area is 176 Å². The predicted octanol–water partition coefficient (Wildman–Crippen LogP) is 5.02. The second kappa shape index (κ2) is 10.5. The van der Waals surface area contributed by atoms with Gasteiger partial charge in [-0.05, 0) is 49.2 Å². The first-order valence-corrected chi connectivity index (χ1v) is 9.88. The Balaban J connectivity index is 1.84. The van der Waals surface area contributed by atoms with E-state index in [9.17, 15) is 9.59 Å². The predicted molar refractivity (Wildman–Crippen MR) is 116 cm³/mol. The smallest absolute Gasteiger partial charge is 0.238 e. The summed E-state index contributed by atoms with van der Waals surface area (Å²) in [7, 11) is 1.69. The summed E-state index contributed by atoms with van der Waals surface area (Å²) >= 11 is 12.1. The lowest BCUT2D eigenvalue weighted by molar-refractivity contribution is -0.119. The molecule has 2 aromatic rings. The minimum Gasteiger partial charge on any atom is -0.325 e. The topological polar surface area (TPSA) is 61.4 Å². The lowest BCUT2D eigenvalue weighted by atomic mass is 9.99. The van der Waals surface area contributed by atoms with E-state index in [4.69, 9.17) is 23.2 Å². The minimum absolute atomic E-state index is 0.0297. The third-order valence-corrected chi connectivity index (χ3v) is 5.06. The van der Waals surface area contributed by atoms with Crippen molar-refractivity contribution in [2.45, 2.75) is 26.2 Å². The molecule has 2 aromatic carbocycles. The molecule has 0 aliphatic rings. The second-order valence-electron chi connectivity index (χ2n) is 6.80. The van der Waals surface area contributed by atoms with Crippen LogP contribution in [0.15, 0.2) is 42.5 Å². The fourth-order valence-electron chi connectivity index (χ4n) is 2.67. The van der Waals surface area contributed by atoms with Crippen molar-refractivity contribution in [3.05, 3.63) is 58.1 Å². The van der Waals surface area contributed by atoms with Crippen LogP contribution in [0.1, 0.15) is 31.7 Å². The molecule has 2 N–H and O–H groups in total. The molecule has 0 saturated heterocycles. The Morgan fingerprint density at radius 1 is 0.964 bits per heavy atom. The van der Waals surface area contributed by atoms with E-state index in [1.165, 1.54) is 5.56 Å². The van der Waals surface area contributed by atoms with Crippen LogP contribution in [0.2, 0.25) is 10.0 Å². The highest BCUT2D eigenvalue weighted by molar-refractivity contribution is 6.39. The van der Waals surface area contributed by atoms with Gasteiger partial charge in [0.05, 0.1) is 28.8 Å². The third-order valence-electron chi connectivity index (χ3n) is 4.43. The van der Waals surface area contributed by atoms with Crippen molar-refractivity contribution in [2.75, 3.05) is 30.8 Å². The average Bonchev–Trinajstić information content (AvgIpc) is 2.64. The standard InChI is InChI=1S/C21H25Cl2N3O2/c1-4-14(2)15-8-10-16(11-9-15)24-19(27)12-26(3)13-20(28)25-21-17(22)6-5-7-18(21)23/h5-11,14H,4,12-13H2,1-3H3,(H,24,27)(H,25,28)/t14-/m0/s1. The number of hydrogen-bond acceptors (Lipinski definition) is 3. The molecule has 0 fully saturated rings. The van der Waals surface area contributed by atoms with Crippen molar-refractivity contribution in [1.82, 2.24) is 4.90 Å². The van der Waals surface area contributed by atoms with Crippen LogP contribution in [-0.2, 0) is 9.59 Å². The number of anilines is 2. The number of nitrogens with one attached hydrogen (secondary N) is 2. The zero-order chi connectivity index (χ0) is 20.7. The quantitative estimate of drug-likeness (QED) is 0.628. The summed E-state index contributed by atoms with van der Waals surface area (Å²) in [6.07, 6.45) is 1.07. The summed E-state index contributed by atoms with van der Waals surface area (Å²) in [4.78, 5) is 26.0. The number of likely N-dealkylation sites (N-methyl/N-ethyl adjacent to an activating group) is 1. The van der Waals surface area contributed by atoms with Crippen LogP contribution in [0.25, 0.3) is 0 Å². The van der Waals surface area contributed by atoms with Crippen LogP contribution in [0, 0.1) is 0 Å². The van der Waals surface area contributed by atoms with Gasteiger partial charge in [-0.25, -0.2) is 0 Å². The van der Waals surface area contributed by atoms with Crippen molar-refractivity contribution >= 4 is 46.4 Å². The van der Waals surface area contributed by atoms with Crippen molar-refractivity contribution < 1.29 is 9.59 Å². The van der Waals surface area contributed by atoms with Crippen LogP contribution < -0.4 is 10.6 Å². The maximum atomic E-state index is 12.2. The molecule has 0 heterocycles. The molecule has 5 nitrogen and oxygen atoms in total. The Morgan fingerprint density at radius 2 is 1.50 bits per heavy atom. The zero-order valence-electron chi connectivity index (χ0n) is 16.3. The van der Waals surface area contributed by atoms with Gasteiger partial charge in [0.1, 0.15) is 0 Å². The highest BCUT2D eigenvalue weighted by Gasteiger charge is 2.14. The van der Waals surface area contributed by atoms with Crippen molar-refractivity contribution in [3.8, 4) is 0 Å². The van der Waals surface area contributed by atoms with Gasteiger partial charge in [-0.15, -0.1) is 0 Å². The van der Waals surface area contributed by atoms with E-state index in [0.717, 1.165) is 12.1 Å². The highest BCUT2D eigenvalue weighted by atomic mass is 35.5. The van der Waals surface area contributed by atoms with Crippen molar-refractivity contribution in [3.63, 3.8) is 0 Å². The summed E-state index contributed by atoms with van der Waals surface area (Å²) in [5.41, 5.74) is 2.35. The van der Waals surface area contributed by atoms with Gasteiger partial charge >= 0.3 is 0 Å². The lowest BCUT2D eigenvalue weighted by Crippen LogP contribution is -2.36. The Hall–Kier alpha value is -2.08. The molecule has 150 valence electrons. The summed E-state index contributed by atoms with van der Waals surface area (Å²) in [6, 6.07) is 12.8. The van der Waals surface area contributed by atoms with Gasteiger partial charge in [0, 0.05) is 5.69 Å². The van der Waals surface area contributed by atoms with Gasteiger partial charge in [-0.3, -0.25) is 14.5 Å². The largest absolute Gasteiger partial charge is 0.325 e. The molecule has 7 heteroatoms. The maximum Gasteiger partial charge on any atom is 0.238 e. The second-order valence-corrected chi connectivity index (χ2v) is 7.61. The molecule has 0 unspecified atom stereocenters. The number of rotatable bonds is 8. The van der Waals surface area contributed by atoms with E-state index in [2.05, 4.69) is 24.5 Å². The molecule has 0 aliphatic carbocycles. The molecule has 0 bridgehead atoms. The third kappa shape index (κ3) is 6.51. The molecule has 0 saturated carbocycles. The fourth-order valence-corrected chi connectivity index (χ4v) is 3.17. The number of hydrogen-bond donors (Lipinski definition) is 2. The van der Waals surface area contributed by atoms with Gasteiger partial charge in [-0.1, -0.05) is 55.2 Å². The van der Waals surface area contributed by atoms with Gasteiger partial charge < -0.3 is 10.6 Å². The molecule has 1 atom stereocenters. The van der Waals surface area contributed by atoms with Crippen LogP contribution in [0.3, 0.4) is 0 Å². The molecule has 0 aromatic heterocycles. The zero-order valence-corrected chi connectivity index (χ0v) is 17.8. The summed E-state index contributed by atoms with van der Waals surface area (Å²) in [5, 5.41) is 6.25. The van der Waals surface area contributed by atoms with E-state index in [-0.39, 0.29) is 24.9 Å². The van der Waals surface area contributed by atoms with Crippen LogP contribution in [0.4, 0.5) is 11.4 Å². The van der Waals surface area contributed by atoms with Gasteiger partial charge in [-0.2, -0.15) is 0 Å². The van der Waals surface area contributed by atoms with Crippen LogP contribution >= 0.6 is 23.2 Å². The SMILES string of the molecule is CC[C@H](C)c1ccc(NC(=O)CN(C)CC(=O)Nc2c(Cl)cccc2Cl)cc1. The Bertz CT molecular complexity index is 805. The summed E-state index contributed by atoms with van der Waals surface area (Å²) in [5.74, 6) is -0.00779. The van der Waals surface area contributed by atoms with E-state index >= 15 is 0 Å². The van der Waals surface area contributed by atoms with Crippen molar-refractivity contribution in [1.29, 1.82) is 0 Å². The molecule has 0 aliphatic heterocycles. The summed E-state index contributed by atoms with van der Waals surface area (Å²) in [6.45, 7) is 4.42. The van der Waals surface area contributed by atoms with Gasteiger partial charge in [0.15, 0.2) is 0 Å². The van der Waals surface area contributed by atoms with E-state index in [0.29, 0.717) is 21.7 Å². The van der Waals surface area contributed by atoms with Gasteiger partial charge in [0.2, 0.25) is 11.8 Å². The molecular formula is C21H25Cl2N3O2. The van der Waals surface area contributed by atoms with Crippen LogP contribution in [0.5, 0.6) is 0 Å². The lowest BCUT2D eigenvalue weighted by Gasteiger charge is -2.17. The Kier molecular flexibility index (Phi) is 8.30. The molecule has 28 heavy (non-hydrogen) atoms. The average molecular weight is 422 g/mol. The molecular weight excluding hydrogens is 397 g/mol. The fraction of sp³-hybridized carbons (Fsp3) is 0.333. The molecule has 0 radical (unpaired) electrons. The van der Waals surface area contributed by atoms with E-state index in [1.807, 2.05) is 24.3 Å². The summed E-state index contributed by atoms with van der Waals surface area (Å²) < 4.78 is 0. The highest BCUT2D eigenvalue weighted by Crippen LogP contribution is 2.29. The molecule has 2 amide bonds. The van der Waals surface area contributed by atoms with E-state index in [1.54, 1.807) is 30.1 Å². The maximum absolute atomic E-state index is 12.2. The minimum atomic E-state index is -0.303. The number of nitrogens with zero attached hydrogens (tertiary/aromatic N) is 1. The molecule has 2 rings (SSSR count). The monoisotopic (exact) mass is 421 g/mol. The number of halogens is 2. The Morgan fingerprint density at radius 3 is 2.04 bits per heavy atom. The normalized spacial score (nSPS) is 11.9. The van der Waals surface area contributed by atoms with Gasteiger partial charge in [0.25, 0.3) is 0 Å². The van der Waals surface area contributed by atoms with Crippen molar-refractivity contribution in [2.24, 2.45) is 0 Å². The number of para-hydroxylation sites is 1. The number of amides is 2. The molecule has 0 spiro atoms. The van der Waals surface area contributed by atoms with E-state index < -0.39 is 0 Å². The number of benzene rings is 2. The van der Waals surface area contributed by atoms with Crippen LogP contribution in [-0.4, -0.2) is 36.9 Å². The first-order valence-electron chi connectivity index (χ1n) is 9.12.